The van der Waals surface area contributed by atoms with Crippen molar-refractivity contribution in [1.29, 1.82) is 0 Å². The summed E-state index contributed by atoms with van der Waals surface area (Å²) in [5.41, 5.74) is 4.42. The van der Waals surface area contributed by atoms with Gasteiger partial charge in [0.15, 0.2) is 0 Å². The van der Waals surface area contributed by atoms with E-state index in [1.807, 2.05) is 88.4 Å². The molecule has 0 bridgehead atoms. The van der Waals surface area contributed by atoms with E-state index in [2.05, 4.69) is 4.98 Å². The molecule has 28 heavy (non-hydrogen) atoms. The summed E-state index contributed by atoms with van der Waals surface area (Å²) in [4.78, 5) is 19.7. The molecule has 0 unspecified atom stereocenters. The maximum absolute atomic E-state index is 13.3. The van der Waals surface area contributed by atoms with E-state index in [9.17, 15) is 4.79 Å². The molecule has 4 aromatic rings. The molecule has 5 heteroatoms. The summed E-state index contributed by atoms with van der Waals surface area (Å²) in [6.07, 6.45) is 3.93. The van der Waals surface area contributed by atoms with Gasteiger partial charge in [-0.3, -0.25) is 4.79 Å². The first-order valence-corrected chi connectivity index (χ1v) is 9.32. The Hall–Kier alpha value is -3.60. The van der Waals surface area contributed by atoms with E-state index in [1.54, 1.807) is 0 Å². The number of rotatable bonds is 3. The molecule has 0 N–H and O–H groups in total. The Labute approximate surface area is 162 Å². The highest BCUT2D eigenvalue weighted by Crippen LogP contribution is 2.29. The number of carbonyl (C=O) groups excluding carboxylic acids is 1. The van der Waals surface area contributed by atoms with Gasteiger partial charge in [0.05, 0.1) is 24.3 Å². The van der Waals surface area contributed by atoms with E-state index in [4.69, 9.17) is 4.74 Å². The molecular weight excluding hydrogens is 350 g/mol. The SMILES string of the molecule is O=C1c2cc(-c3ccccc3)ccc2OCCN1Cc1cn2ccccc2n1. The Kier molecular flexibility index (Phi) is 4.05. The van der Waals surface area contributed by atoms with Crippen molar-refractivity contribution in [2.45, 2.75) is 6.54 Å². The zero-order valence-electron chi connectivity index (χ0n) is 15.3. The second kappa shape index (κ2) is 6.85. The normalized spacial score (nSPS) is 13.9. The molecule has 1 amide bonds. The monoisotopic (exact) mass is 369 g/mol. The van der Waals surface area contributed by atoms with E-state index in [-0.39, 0.29) is 5.91 Å². The van der Waals surface area contributed by atoms with E-state index in [0.717, 1.165) is 22.5 Å². The quantitative estimate of drug-likeness (QED) is 0.548. The minimum Gasteiger partial charge on any atom is -0.491 e. The zero-order chi connectivity index (χ0) is 18.9. The summed E-state index contributed by atoms with van der Waals surface area (Å²) in [6.45, 7) is 1.46. The van der Waals surface area contributed by atoms with Crippen LogP contribution in [0, 0.1) is 0 Å². The Balaban J connectivity index is 1.47. The summed E-state index contributed by atoms with van der Waals surface area (Å²) < 4.78 is 7.82. The lowest BCUT2D eigenvalue weighted by Crippen LogP contribution is -2.32. The summed E-state index contributed by atoms with van der Waals surface area (Å²) in [5.74, 6) is 0.615. The molecule has 138 valence electrons. The van der Waals surface area contributed by atoms with Gasteiger partial charge in [0.25, 0.3) is 5.91 Å². The van der Waals surface area contributed by atoms with Gasteiger partial charge in [-0.05, 0) is 35.4 Å². The lowest BCUT2D eigenvalue weighted by molar-refractivity contribution is 0.0741. The number of aromatic nitrogens is 2. The highest BCUT2D eigenvalue weighted by atomic mass is 16.5. The summed E-state index contributed by atoms with van der Waals surface area (Å²) >= 11 is 0. The second-order valence-corrected chi connectivity index (χ2v) is 6.85. The third-order valence-corrected chi connectivity index (χ3v) is 4.99. The van der Waals surface area contributed by atoms with Gasteiger partial charge in [-0.15, -0.1) is 0 Å². The fourth-order valence-corrected chi connectivity index (χ4v) is 3.58. The van der Waals surface area contributed by atoms with Gasteiger partial charge in [0.1, 0.15) is 18.0 Å². The molecule has 0 fully saturated rings. The Bertz CT molecular complexity index is 1120. The average Bonchev–Trinajstić information content (AvgIpc) is 3.09. The standard InChI is InChI=1S/C23H19N3O2/c27-23-20-14-18(17-6-2-1-3-7-17)9-10-21(20)28-13-12-26(23)16-19-15-25-11-5-4-8-22(25)24-19/h1-11,14-15H,12-13,16H2. The first kappa shape index (κ1) is 16.6. The average molecular weight is 369 g/mol. The van der Waals surface area contributed by atoms with E-state index >= 15 is 0 Å². The van der Waals surface area contributed by atoms with Crippen LogP contribution in [0.2, 0.25) is 0 Å². The van der Waals surface area contributed by atoms with Gasteiger partial charge in [-0.1, -0.05) is 42.5 Å². The number of nitrogens with zero attached hydrogens (tertiary/aromatic N) is 3. The van der Waals surface area contributed by atoms with Crippen molar-refractivity contribution < 1.29 is 9.53 Å². The molecule has 5 rings (SSSR count). The van der Waals surface area contributed by atoms with Crippen molar-refractivity contribution in [3.8, 4) is 16.9 Å². The molecule has 1 aliphatic heterocycles. The third-order valence-electron chi connectivity index (χ3n) is 4.99. The summed E-state index contributed by atoms with van der Waals surface area (Å²) in [7, 11) is 0. The molecular formula is C23H19N3O2. The highest BCUT2D eigenvalue weighted by molar-refractivity contribution is 5.98. The topological polar surface area (TPSA) is 46.8 Å². The lowest BCUT2D eigenvalue weighted by atomic mass is 10.0. The van der Waals surface area contributed by atoms with Gasteiger partial charge >= 0.3 is 0 Å². The van der Waals surface area contributed by atoms with Crippen molar-refractivity contribution in [2.24, 2.45) is 0 Å². The molecule has 2 aromatic heterocycles. The van der Waals surface area contributed by atoms with Crippen molar-refractivity contribution in [1.82, 2.24) is 14.3 Å². The van der Waals surface area contributed by atoms with Crippen LogP contribution in [0.5, 0.6) is 5.75 Å². The minimum atomic E-state index is -0.0256. The predicted octanol–water partition coefficient (Wildman–Crippen LogP) is 4.04. The first-order valence-electron chi connectivity index (χ1n) is 9.32. The van der Waals surface area contributed by atoms with Crippen molar-refractivity contribution >= 4 is 11.6 Å². The predicted molar refractivity (Wildman–Crippen MR) is 107 cm³/mol. The molecule has 0 spiro atoms. The first-order chi connectivity index (χ1) is 13.8. The number of hydrogen-bond donors (Lipinski definition) is 0. The van der Waals surface area contributed by atoms with Crippen LogP contribution in [0.3, 0.4) is 0 Å². The Morgan fingerprint density at radius 3 is 2.68 bits per heavy atom. The molecule has 3 heterocycles. The van der Waals surface area contributed by atoms with Gasteiger partial charge in [0, 0.05) is 12.4 Å². The molecule has 5 nitrogen and oxygen atoms in total. The number of hydrogen-bond acceptors (Lipinski definition) is 3. The van der Waals surface area contributed by atoms with E-state index < -0.39 is 0 Å². The molecule has 1 aliphatic rings. The molecule has 0 radical (unpaired) electrons. The number of benzene rings is 2. The van der Waals surface area contributed by atoms with Crippen molar-refractivity contribution in [2.75, 3.05) is 13.2 Å². The van der Waals surface area contributed by atoms with Crippen LogP contribution >= 0.6 is 0 Å². The maximum atomic E-state index is 13.3. The van der Waals surface area contributed by atoms with Gasteiger partial charge in [-0.2, -0.15) is 0 Å². The third kappa shape index (κ3) is 3.01. The van der Waals surface area contributed by atoms with Gasteiger partial charge < -0.3 is 14.0 Å². The molecule has 0 atom stereocenters. The smallest absolute Gasteiger partial charge is 0.258 e. The fourth-order valence-electron chi connectivity index (χ4n) is 3.58. The molecule has 0 saturated heterocycles. The largest absolute Gasteiger partial charge is 0.491 e. The number of imidazole rings is 1. The van der Waals surface area contributed by atoms with Gasteiger partial charge in [-0.25, -0.2) is 4.98 Å². The Morgan fingerprint density at radius 2 is 1.82 bits per heavy atom. The second-order valence-electron chi connectivity index (χ2n) is 6.85. The van der Waals surface area contributed by atoms with Crippen LogP contribution < -0.4 is 4.74 Å². The van der Waals surface area contributed by atoms with Crippen LogP contribution in [0.1, 0.15) is 16.1 Å². The lowest BCUT2D eigenvalue weighted by Gasteiger charge is -2.18. The number of pyridine rings is 1. The molecule has 0 aliphatic carbocycles. The fraction of sp³-hybridized carbons (Fsp3) is 0.130. The van der Waals surface area contributed by atoms with Gasteiger partial charge in [0.2, 0.25) is 0 Å². The minimum absolute atomic E-state index is 0.0256. The van der Waals surface area contributed by atoms with Crippen LogP contribution in [0.25, 0.3) is 16.8 Å². The van der Waals surface area contributed by atoms with E-state index in [0.29, 0.717) is 31.0 Å². The number of ether oxygens (including phenoxy) is 1. The van der Waals surface area contributed by atoms with Crippen LogP contribution in [0.15, 0.2) is 79.1 Å². The zero-order valence-corrected chi connectivity index (χ0v) is 15.3. The Morgan fingerprint density at radius 1 is 0.964 bits per heavy atom. The summed E-state index contributed by atoms with van der Waals surface area (Å²) in [6, 6.07) is 21.7. The van der Waals surface area contributed by atoms with Crippen LogP contribution in [-0.2, 0) is 6.54 Å². The number of fused-ring (bicyclic) bond motifs is 2. The highest BCUT2D eigenvalue weighted by Gasteiger charge is 2.25. The van der Waals surface area contributed by atoms with E-state index in [1.165, 1.54) is 0 Å². The van der Waals surface area contributed by atoms with Crippen LogP contribution in [-0.4, -0.2) is 33.3 Å². The number of carbonyl (C=O) groups is 1. The molecule has 0 saturated carbocycles. The molecule has 2 aromatic carbocycles. The van der Waals surface area contributed by atoms with Crippen LogP contribution in [0.4, 0.5) is 0 Å². The van der Waals surface area contributed by atoms with Crippen molar-refractivity contribution in [3.63, 3.8) is 0 Å². The maximum Gasteiger partial charge on any atom is 0.258 e. The van der Waals surface area contributed by atoms with Crippen molar-refractivity contribution in [3.05, 3.63) is 90.4 Å². The summed E-state index contributed by atoms with van der Waals surface area (Å²) in [5, 5.41) is 0. The number of amides is 1.